The molecule has 22 nitrogen and oxygen atoms in total. The van der Waals surface area contributed by atoms with Crippen molar-refractivity contribution in [1.29, 1.82) is 0 Å². The quantitative estimate of drug-likeness (QED) is 0.0412. The van der Waals surface area contributed by atoms with Gasteiger partial charge in [0.1, 0.15) is 57.3 Å². The molecule has 10 rings (SSSR count). The van der Waals surface area contributed by atoms with Gasteiger partial charge in [0.05, 0.1) is 53.3 Å². The van der Waals surface area contributed by atoms with E-state index in [0.29, 0.717) is 86.9 Å². The molecule has 4 radical (unpaired) electrons. The van der Waals surface area contributed by atoms with Gasteiger partial charge in [0.25, 0.3) is 0 Å². The number of carbonyl (C=O) groups excluding carboxylic acids is 1. The number of nitrogens with two attached hydrogens (primary N) is 2. The van der Waals surface area contributed by atoms with Gasteiger partial charge in [0.15, 0.2) is 56.3 Å². The summed E-state index contributed by atoms with van der Waals surface area (Å²) in [6.07, 6.45) is 11.5. The van der Waals surface area contributed by atoms with Crippen LogP contribution in [0.2, 0.25) is 39.3 Å². The molecule has 0 bridgehead atoms. The maximum absolute atomic E-state index is 12.2. The highest BCUT2D eigenvalue weighted by atomic mass is 79.9. The summed E-state index contributed by atoms with van der Waals surface area (Å²) in [7, 11) is 4.40. The summed E-state index contributed by atoms with van der Waals surface area (Å²) < 4.78 is 62.2. The molecular formula is C52H52B4Br4N12O10SSi2. The fraction of sp³-hybridized carbons (Fsp3) is 0.288. The Bertz CT molecular complexity index is 3770. The molecule has 2 aromatic carbocycles. The van der Waals surface area contributed by atoms with Crippen LogP contribution in [0.15, 0.2) is 107 Å². The predicted molar refractivity (Wildman–Crippen MR) is 344 cm³/mol. The van der Waals surface area contributed by atoms with Gasteiger partial charge in [-0.3, -0.25) is 9.97 Å². The fourth-order valence-corrected chi connectivity index (χ4v) is 9.72. The maximum atomic E-state index is 12.2. The molecule has 0 spiro atoms. The number of hydrogen-bond acceptors (Lipinski definition) is 22. The number of anilines is 2. The van der Waals surface area contributed by atoms with Gasteiger partial charge in [-0.1, -0.05) is 75.4 Å². The van der Waals surface area contributed by atoms with E-state index in [4.69, 9.17) is 46.0 Å². The first-order chi connectivity index (χ1) is 40.0. The monoisotopic (exact) mass is 1450 g/mol. The molecule has 0 saturated carbocycles. The van der Waals surface area contributed by atoms with Crippen LogP contribution in [0.5, 0.6) is 0 Å². The minimum absolute atomic E-state index is 0.263. The van der Waals surface area contributed by atoms with Crippen LogP contribution in [0.3, 0.4) is 0 Å². The standard InChI is InChI=1S/C17H13B2N3O4S.C11H10B2BrN3O2Si.C11H14O4.C9H12BrN3Si.C4H3Br2N3/c1-4-13-15(17(19-26-17)22-16-18-25-16)20-9-14(21-13)11-5-7-12(8-6-11)27(23,24)10(2)3;1-20(2,3)5-4-7-9(15-6-8(14)16-7)11(13-19-11)17-10-12-18-10;1-13-10(12)8-4-6-9(7-5-8)11(14-2)15-3;1-14(2,3)5-4-7-9(11)12-6-8(10)13-7;5-2-1-8-4(7)3(6)9-2/h1,5-10H,2-3H3;6H,1-3H3;4-7,11H,1-3H3;6H,1-3H3,(H2,11,12);1H,(H2,7,8). The smallest absolute Gasteiger partial charge is 0.474 e. The highest BCUT2D eigenvalue weighted by Gasteiger charge is 2.55. The first-order valence-electron chi connectivity index (χ1n) is 25.0. The Morgan fingerprint density at radius 1 is 0.671 bits per heavy atom. The number of rotatable bonds is 11. The second-order valence-electron chi connectivity index (χ2n) is 20.1. The van der Waals surface area contributed by atoms with Gasteiger partial charge in [-0.25, -0.2) is 53.1 Å². The van der Waals surface area contributed by atoms with Gasteiger partial charge < -0.3 is 44.3 Å². The molecule has 2 unspecified atom stereocenters. The number of hydrogen-bond donors (Lipinski definition) is 2. The molecule has 0 aliphatic carbocycles. The molecule has 4 fully saturated rings. The Morgan fingerprint density at radius 3 is 1.56 bits per heavy atom. The van der Waals surface area contributed by atoms with Gasteiger partial charge in [-0.15, -0.1) is 17.5 Å². The number of nitrogens with zero attached hydrogens (tertiary/aromatic N) is 10. The van der Waals surface area contributed by atoms with E-state index in [1.54, 1.807) is 116 Å². The Kier molecular flexibility index (Phi) is 23.6. The topological polar surface area (TPSA) is 309 Å². The van der Waals surface area contributed by atoms with Crippen LogP contribution in [0, 0.1) is 35.3 Å². The Morgan fingerprint density at radius 2 is 1.13 bits per heavy atom. The third kappa shape index (κ3) is 20.5. The lowest BCUT2D eigenvalue weighted by atomic mass is 9.91. The molecule has 85 heavy (non-hydrogen) atoms. The molecule has 4 aliphatic heterocycles. The number of aromatic nitrogens is 8. The molecule has 0 amide bonds. The summed E-state index contributed by atoms with van der Waals surface area (Å²) in [6, 6.07) is 13.4. The van der Waals surface area contributed by atoms with Crippen LogP contribution in [-0.4, -0.2) is 139 Å². The minimum Gasteiger partial charge on any atom is -0.549 e. The normalized spacial score (nSPS) is 17.4. The van der Waals surface area contributed by atoms with Crippen LogP contribution in [-0.2, 0) is 53.9 Å². The van der Waals surface area contributed by atoms with Gasteiger partial charge in [-0.2, -0.15) is 0 Å². The van der Waals surface area contributed by atoms with Crippen LogP contribution >= 0.6 is 63.7 Å². The number of esters is 1. The second kappa shape index (κ2) is 29.5. The molecular weight excluding hydrogens is 1400 g/mol. The number of terminal acetylenes is 1. The number of ether oxygens (including phenoxy) is 3. The zero-order chi connectivity index (χ0) is 62.5. The molecule has 4 N–H and O–H groups in total. The van der Waals surface area contributed by atoms with Crippen molar-refractivity contribution in [3.05, 3.63) is 131 Å². The van der Waals surface area contributed by atoms with Crippen molar-refractivity contribution in [2.75, 3.05) is 32.8 Å². The lowest BCUT2D eigenvalue weighted by molar-refractivity contribution is -0.106. The third-order valence-electron chi connectivity index (χ3n) is 10.8. The van der Waals surface area contributed by atoms with E-state index >= 15 is 0 Å². The molecule has 8 heterocycles. The van der Waals surface area contributed by atoms with Crippen LogP contribution in [0.4, 0.5) is 11.6 Å². The first kappa shape index (κ1) is 68.0. The molecule has 4 aliphatic rings. The number of methoxy groups -OCH3 is 3. The van der Waals surface area contributed by atoms with Crippen molar-refractivity contribution < 1.29 is 46.0 Å². The first-order valence-corrected chi connectivity index (χ1v) is 36.7. The van der Waals surface area contributed by atoms with Gasteiger partial charge >= 0.3 is 35.9 Å². The number of halogens is 4. The lowest BCUT2D eigenvalue weighted by Gasteiger charge is -2.13. The van der Waals surface area contributed by atoms with Gasteiger partial charge in [0.2, 0.25) is 0 Å². The summed E-state index contributed by atoms with van der Waals surface area (Å²) in [4.78, 5) is 53.4. The Balaban J connectivity index is 0.000000178. The zero-order valence-electron chi connectivity index (χ0n) is 47.6. The molecule has 6 aromatic rings. The number of carbonyl (C=O) groups is 1. The van der Waals surface area contributed by atoms with Crippen molar-refractivity contribution in [3.8, 4) is 46.5 Å². The van der Waals surface area contributed by atoms with Crippen LogP contribution in [0.1, 0.15) is 64.5 Å². The summed E-state index contributed by atoms with van der Waals surface area (Å²) in [5.41, 5.74) is 20.6. The van der Waals surface area contributed by atoms with Crippen molar-refractivity contribution >= 4 is 149 Å². The third-order valence-corrected chi connectivity index (χ3v) is 16.4. The molecule has 33 heteroatoms. The Hall–Kier alpha value is -6.15. The maximum Gasteiger partial charge on any atom is 0.474 e. The Labute approximate surface area is 532 Å². The van der Waals surface area contributed by atoms with Crippen molar-refractivity contribution in [2.45, 2.75) is 80.8 Å². The van der Waals surface area contributed by atoms with E-state index in [9.17, 15) is 13.2 Å². The average molecular weight is 1460 g/mol. The van der Waals surface area contributed by atoms with E-state index in [2.05, 4.69) is 186 Å². The number of benzene rings is 2. The molecule has 2 atom stereocenters. The summed E-state index contributed by atoms with van der Waals surface area (Å²) in [5, 5.41) is -0.490. The van der Waals surface area contributed by atoms with E-state index in [1.165, 1.54) is 22.1 Å². The average Bonchev–Trinajstić information content (AvgIpc) is 2.84. The second-order valence-corrected chi connectivity index (χ2v) is 35.2. The summed E-state index contributed by atoms with van der Waals surface area (Å²) in [5.74, 6) is 10.0. The van der Waals surface area contributed by atoms with E-state index in [-0.39, 0.29) is 10.9 Å². The largest absolute Gasteiger partial charge is 0.549 e. The minimum atomic E-state index is -3.33. The summed E-state index contributed by atoms with van der Waals surface area (Å²) in [6.45, 7) is 16.3. The SMILES string of the molecule is C#Cc1nc(-c2ccc(S(=O)(=O)C(C)C)cc2)cnc1C1(N=C2[B]O2)[B]O1.COC(=O)c1ccc(C(OC)OC)cc1.C[Si](C)(C)C#Cc1nc(Br)cnc1C1(N=C2[B]O2)[B]O1.C[Si](C)(C)C#Cc1nc(Br)cnc1N.Nc1ncc(Br)nc1Br. The molecule has 434 valence electrons. The number of sulfone groups is 1. The van der Waals surface area contributed by atoms with Gasteiger partial charge in [-0.05, 0) is 108 Å². The lowest BCUT2D eigenvalue weighted by Crippen LogP contribution is -2.17. The van der Waals surface area contributed by atoms with Gasteiger partial charge in [0, 0.05) is 25.3 Å². The van der Waals surface area contributed by atoms with Crippen molar-refractivity contribution in [3.63, 3.8) is 0 Å². The summed E-state index contributed by atoms with van der Waals surface area (Å²) >= 11 is 12.8. The number of aliphatic imine (C=N–C) groups is 2. The van der Waals surface area contributed by atoms with Crippen LogP contribution < -0.4 is 11.5 Å². The number of nitrogen functional groups attached to an aromatic ring is 2. The van der Waals surface area contributed by atoms with E-state index in [1.807, 2.05) is 0 Å². The van der Waals surface area contributed by atoms with E-state index in [0.717, 1.165) is 5.56 Å². The molecule has 4 saturated heterocycles. The predicted octanol–water partition coefficient (Wildman–Crippen LogP) is 7.70. The molecule has 4 aromatic heterocycles. The van der Waals surface area contributed by atoms with Crippen molar-refractivity contribution in [2.24, 2.45) is 9.98 Å². The fourth-order valence-electron chi connectivity index (χ4n) is 6.31. The van der Waals surface area contributed by atoms with Crippen molar-refractivity contribution in [1.82, 2.24) is 39.9 Å². The highest BCUT2D eigenvalue weighted by molar-refractivity contribution is 9.11. The van der Waals surface area contributed by atoms with Crippen LogP contribution in [0.25, 0.3) is 11.3 Å². The van der Waals surface area contributed by atoms with E-state index < -0.39 is 48.8 Å². The zero-order valence-corrected chi connectivity index (χ0v) is 56.8. The highest BCUT2D eigenvalue weighted by Crippen LogP contribution is 2.40.